The van der Waals surface area contributed by atoms with E-state index in [1.54, 1.807) is 47.7 Å². The third-order valence-corrected chi connectivity index (χ3v) is 13.2. The Bertz CT molecular complexity index is 1690. The molecule has 1 aromatic carbocycles. The van der Waals surface area contributed by atoms with E-state index in [9.17, 15) is 23.7 Å². The largest absolute Gasteiger partial charge is 0.467 e. The van der Waals surface area contributed by atoms with Crippen LogP contribution in [0.4, 0.5) is 0 Å². The number of para-hydroxylation sites is 1. The van der Waals surface area contributed by atoms with Crippen LogP contribution in [-0.4, -0.2) is 57.8 Å². The molecule has 0 saturated heterocycles. The van der Waals surface area contributed by atoms with Gasteiger partial charge in [0.25, 0.3) is 0 Å². The lowest BCUT2D eigenvalue weighted by molar-refractivity contribution is -0.145. The molecule has 1 amide bonds. The fraction of sp³-hybridized carbons (Fsp3) is 0.561. The zero-order chi connectivity index (χ0) is 40.7. The quantitative estimate of drug-likeness (QED) is 0.0575. The molecule has 0 aliphatic heterocycles. The second-order valence-electron chi connectivity index (χ2n) is 15.8. The summed E-state index contributed by atoms with van der Waals surface area (Å²) in [6, 6.07) is 6.47. The van der Waals surface area contributed by atoms with Crippen molar-refractivity contribution < 1.29 is 37.5 Å². The van der Waals surface area contributed by atoms with Crippen LogP contribution in [0.5, 0.6) is 0 Å². The molecule has 2 rings (SSSR count). The van der Waals surface area contributed by atoms with Gasteiger partial charge < -0.3 is 15.0 Å². The van der Waals surface area contributed by atoms with Crippen LogP contribution < -0.4 is 5.32 Å². The fourth-order valence-corrected chi connectivity index (χ4v) is 8.95. The second kappa shape index (κ2) is 22.0. The van der Waals surface area contributed by atoms with Crippen molar-refractivity contribution in [1.82, 2.24) is 10.3 Å². The highest BCUT2D eigenvalue weighted by Gasteiger charge is 2.43. The van der Waals surface area contributed by atoms with Crippen molar-refractivity contribution >= 4 is 64.1 Å². The highest BCUT2D eigenvalue weighted by Crippen LogP contribution is 2.56. The van der Waals surface area contributed by atoms with Gasteiger partial charge in [0.05, 0.1) is 7.11 Å². The highest BCUT2D eigenvalue weighted by atomic mass is 32.2. The number of aromatic nitrogens is 1. The van der Waals surface area contributed by atoms with Gasteiger partial charge in [-0.3, -0.25) is 28.0 Å². The minimum atomic E-state index is -4.40. The Morgan fingerprint density at radius 3 is 1.91 bits per heavy atom. The fourth-order valence-electron chi connectivity index (χ4n) is 5.11. The first kappa shape index (κ1) is 47.3. The predicted octanol–water partition coefficient (Wildman–Crippen LogP) is 10.3. The molecule has 2 N–H and O–H groups in total. The minimum absolute atomic E-state index is 0.0467. The maximum absolute atomic E-state index is 14.9. The monoisotopic (exact) mass is 804 g/mol. The maximum Gasteiger partial charge on any atom is 0.345 e. The molecule has 2 aromatic rings. The van der Waals surface area contributed by atoms with Gasteiger partial charge in [0.2, 0.25) is 5.91 Å². The molecule has 10 nitrogen and oxygen atoms in total. The van der Waals surface area contributed by atoms with Gasteiger partial charge in [0.1, 0.15) is 23.6 Å². The van der Waals surface area contributed by atoms with Crippen LogP contribution in [0, 0.1) is 10.8 Å². The standard InChI is InChI=1S/C41H61N2O8PS2/c1-28(2)16-14-17-29(3)18-15-19-30(4)22-23-35(36(44)43-34(37(45)49-11)24-31-25-42-33-21-13-12-20-32(31)33)52(48,50-26-53-38(46)40(5,6)7)51-27-54-39(47)41(8,9)10/h12-13,16,18,20-22,25,34-35,42H,14-15,17,19,23-24,26-27H2,1-11H3,(H,43,44)/b29-18-,30-22+. The number of ether oxygens (including phenoxy) is 1. The van der Waals surface area contributed by atoms with E-state index < -0.39 is 42.0 Å². The number of thioether (sulfide) groups is 2. The van der Waals surface area contributed by atoms with Crippen LogP contribution in [0.1, 0.15) is 107 Å². The summed E-state index contributed by atoms with van der Waals surface area (Å²) in [5.41, 5.74) is 2.39. The summed E-state index contributed by atoms with van der Waals surface area (Å²) >= 11 is 1.67. The van der Waals surface area contributed by atoms with Gasteiger partial charge in [-0.05, 0) is 71.4 Å². The Kier molecular flexibility index (Phi) is 19.3. The van der Waals surface area contributed by atoms with Gasteiger partial charge in [-0.15, -0.1) is 0 Å². The molecule has 0 aliphatic rings. The number of rotatable bonds is 20. The summed E-state index contributed by atoms with van der Waals surface area (Å²) in [7, 11) is -3.17. The molecule has 2 atom stereocenters. The average Bonchev–Trinajstić information content (AvgIpc) is 3.49. The molecule has 0 spiro atoms. The number of methoxy groups -OCH3 is 1. The van der Waals surface area contributed by atoms with Crippen molar-refractivity contribution in [2.24, 2.45) is 10.8 Å². The Balaban J connectivity index is 2.47. The lowest BCUT2D eigenvalue weighted by Gasteiger charge is -2.28. The lowest BCUT2D eigenvalue weighted by Crippen LogP contribution is -2.47. The van der Waals surface area contributed by atoms with E-state index in [0.717, 1.165) is 64.8 Å². The number of hydrogen-bond donors (Lipinski definition) is 2. The van der Waals surface area contributed by atoms with Crippen molar-refractivity contribution in [2.45, 2.75) is 119 Å². The molecular weight excluding hydrogens is 744 g/mol. The molecule has 54 heavy (non-hydrogen) atoms. The van der Waals surface area contributed by atoms with Gasteiger partial charge >= 0.3 is 13.6 Å². The first-order valence-corrected chi connectivity index (χ1v) is 21.9. The first-order chi connectivity index (χ1) is 25.2. The van der Waals surface area contributed by atoms with Crippen LogP contribution in [0.25, 0.3) is 10.9 Å². The van der Waals surface area contributed by atoms with Gasteiger partial charge in [-0.25, -0.2) is 4.79 Å². The lowest BCUT2D eigenvalue weighted by atomic mass is 9.99. The Labute approximate surface area is 331 Å². The number of hydrogen-bond acceptors (Lipinski definition) is 10. The molecule has 0 aliphatic carbocycles. The van der Waals surface area contributed by atoms with Crippen molar-refractivity contribution in [2.75, 3.05) is 19.0 Å². The first-order valence-electron chi connectivity index (χ1n) is 18.3. The number of carbonyl (C=O) groups is 4. The zero-order valence-corrected chi connectivity index (χ0v) is 36.5. The minimum Gasteiger partial charge on any atom is -0.467 e. The van der Waals surface area contributed by atoms with Crippen LogP contribution in [0.3, 0.4) is 0 Å². The number of esters is 1. The summed E-state index contributed by atoms with van der Waals surface area (Å²) in [5, 5.41) is 3.27. The van der Waals surface area contributed by atoms with E-state index in [1.807, 2.05) is 37.3 Å². The van der Waals surface area contributed by atoms with Gasteiger partial charge in [0, 0.05) is 34.4 Å². The second-order valence-corrected chi connectivity index (χ2v) is 19.8. The molecule has 1 heterocycles. The Morgan fingerprint density at radius 2 is 1.37 bits per heavy atom. The van der Waals surface area contributed by atoms with E-state index in [-0.39, 0.29) is 35.0 Å². The molecule has 13 heteroatoms. The third kappa shape index (κ3) is 16.1. The smallest absolute Gasteiger partial charge is 0.345 e. The van der Waals surface area contributed by atoms with Crippen molar-refractivity contribution in [1.29, 1.82) is 0 Å². The van der Waals surface area contributed by atoms with E-state index in [2.05, 4.69) is 43.2 Å². The summed E-state index contributed by atoms with van der Waals surface area (Å²) in [6.45, 7) is 18.8. The number of H-pyrrole nitrogens is 1. The topological polar surface area (TPSA) is 141 Å². The summed E-state index contributed by atoms with van der Waals surface area (Å²) in [5.74, 6) is -2.11. The van der Waals surface area contributed by atoms with Crippen LogP contribution in [-0.2, 0) is 43.9 Å². The third-order valence-electron chi connectivity index (χ3n) is 8.47. The Hall–Kier alpha value is -2.89. The SMILES string of the molecule is COC(=O)C(Cc1c[nH]c2ccccc12)NC(=O)C(C/C=C(\C)CC/C=C(/C)CCC=C(C)C)P(=O)(OCSC(=O)C(C)(C)C)OCSC(=O)C(C)(C)C. The van der Waals surface area contributed by atoms with Crippen molar-refractivity contribution in [3.05, 3.63) is 71.0 Å². The number of amides is 1. The number of nitrogens with one attached hydrogen (secondary N) is 2. The molecule has 0 radical (unpaired) electrons. The predicted molar refractivity (Wildman–Crippen MR) is 223 cm³/mol. The summed E-state index contributed by atoms with van der Waals surface area (Å²) in [6.07, 6.45) is 11.5. The van der Waals surface area contributed by atoms with Gasteiger partial charge in [-0.2, -0.15) is 0 Å². The molecule has 2 unspecified atom stereocenters. The highest BCUT2D eigenvalue weighted by molar-refractivity contribution is 8.14. The average molecular weight is 805 g/mol. The van der Waals surface area contributed by atoms with Crippen LogP contribution in [0.2, 0.25) is 0 Å². The summed E-state index contributed by atoms with van der Waals surface area (Å²) in [4.78, 5) is 56.2. The molecule has 0 saturated carbocycles. The van der Waals surface area contributed by atoms with Crippen LogP contribution in [0.15, 0.2) is 65.4 Å². The van der Waals surface area contributed by atoms with Gasteiger partial charge in [-0.1, -0.05) is 118 Å². The number of allylic oxidation sites excluding steroid dienone is 6. The van der Waals surface area contributed by atoms with Crippen molar-refractivity contribution in [3.8, 4) is 0 Å². The maximum atomic E-state index is 14.9. The van der Waals surface area contributed by atoms with E-state index in [1.165, 1.54) is 18.3 Å². The number of fused-ring (bicyclic) bond motifs is 1. The van der Waals surface area contributed by atoms with Crippen molar-refractivity contribution in [3.63, 3.8) is 0 Å². The number of benzene rings is 1. The normalized spacial score (nSPS) is 14.1. The molecule has 300 valence electrons. The van der Waals surface area contributed by atoms with E-state index in [0.29, 0.717) is 6.42 Å². The molecule has 0 bridgehead atoms. The molecule has 0 fully saturated rings. The van der Waals surface area contributed by atoms with E-state index in [4.69, 9.17) is 13.8 Å². The van der Waals surface area contributed by atoms with Gasteiger partial charge in [0.15, 0.2) is 10.2 Å². The molecule has 1 aromatic heterocycles. The van der Waals surface area contributed by atoms with Crippen LogP contribution >= 0.6 is 31.1 Å². The summed E-state index contributed by atoms with van der Waals surface area (Å²) < 4.78 is 31.8. The van der Waals surface area contributed by atoms with E-state index >= 15 is 0 Å². The zero-order valence-electron chi connectivity index (χ0n) is 34.0. The number of aromatic amines is 1. The molecular formula is C41H61N2O8PS2. The Morgan fingerprint density at radius 1 is 0.833 bits per heavy atom. The number of carbonyl (C=O) groups excluding carboxylic acids is 4.